The number of halogens is 3. The van der Waals surface area contributed by atoms with E-state index in [0.29, 0.717) is 24.0 Å². The Morgan fingerprint density at radius 3 is 2.81 bits per heavy atom. The average Bonchev–Trinajstić information content (AvgIpc) is 3.10. The number of hydrogen-bond donors (Lipinski definition) is 2. The molecular formula is C13H12F3N5. The predicted octanol–water partition coefficient (Wildman–Crippen LogP) is 2.26. The Balaban J connectivity index is 1.92. The molecule has 0 saturated carbocycles. The first-order valence-corrected chi connectivity index (χ1v) is 6.31. The summed E-state index contributed by atoms with van der Waals surface area (Å²) in [7, 11) is 0. The predicted molar refractivity (Wildman–Crippen MR) is 72.5 cm³/mol. The van der Waals surface area contributed by atoms with E-state index in [1.807, 2.05) is 0 Å². The molecule has 0 fully saturated rings. The quantitative estimate of drug-likeness (QED) is 0.893. The van der Waals surface area contributed by atoms with Crippen LogP contribution < -0.4 is 10.6 Å². The van der Waals surface area contributed by atoms with Gasteiger partial charge < -0.3 is 10.6 Å². The van der Waals surface area contributed by atoms with Gasteiger partial charge in [-0.3, -0.25) is 4.99 Å². The number of anilines is 1. The summed E-state index contributed by atoms with van der Waals surface area (Å²) in [6.45, 7) is 1.40. The summed E-state index contributed by atoms with van der Waals surface area (Å²) in [4.78, 5) is 4.18. The molecule has 2 heterocycles. The molecule has 3 rings (SSSR count). The van der Waals surface area contributed by atoms with Crippen molar-refractivity contribution < 1.29 is 13.2 Å². The number of nitrogens with one attached hydrogen (secondary N) is 2. The van der Waals surface area contributed by atoms with Crippen molar-refractivity contribution in [2.24, 2.45) is 4.99 Å². The standard InChI is InChI=1S/C13H12F3N5/c14-13(15,16)9-2-1-3-10(8-9)21-11(4-5-19-21)20-12-17-6-7-18-12/h1-5,8H,6-7H2,(H2,17,18,20). The SMILES string of the molecule is FC(F)(F)c1cccc(-n2nccc2NC2=NCCN2)c1. The third-order valence-electron chi connectivity index (χ3n) is 2.98. The van der Waals surface area contributed by atoms with E-state index < -0.39 is 11.7 Å². The van der Waals surface area contributed by atoms with Gasteiger partial charge in [-0.25, -0.2) is 4.68 Å². The van der Waals surface area contributed by atoms with Gasteiger partial charge in [0, 0.05) is 12.6 Å². The minimum absolute atomic E-state index is 0.330. The molecule has 1 aromatic carbocycles. The molecule has 8 heteroatoms. The highest BCUT2D eigenvalue weighted by atomic mass is 19.4. The summed E-state index contributed by atoms with van der Waals surface area (Å²) >= 11 is 0. The fraction of sp³-hybridized carbons (Fsp3) is 0.231. The van der Waals surface area contributed by atoms with Gasteiger partial charge in [0.15, 0.2) is 5.96 Å². The van der Waals surface area contributed by atoms with Crippen LogP contribution in [0.2, 0.25) is 0 Å². The van der Waals surface area contributed by atoms with Crippen LogP contribution in [0, 0.1) is 0 Å². The van der Waals surface area contributed by atoms with E-state index in [9.17, 15) is 13.2 Å². The summed E-state index contributed by atoms with van der Waals surface area (Å²) in [5.41, 5.74) is -0.381. The van der Waals surface area contributed by atoms with Crippen LogP contribution in [-0.2, 0) is 6.18 Å². The molecule has 21 heavy (non-hydrogen) atoms. The number of alkyl halides is 3. The Morgan fingerprint density at radius 1 is 1.24 bits per heavy atom. The summed E-state index contributed by atoms with van der Waals surface area (Å²) in [6.07, 6.45) is -2.87. The van der Waals surface area contributed by atoms with Crippen molar-refractivity contribution in [3.63, 3.8) is 0 Å². The molecule has 1 aromatic heterocycles. The molecule has 0 unspecified atom stereocenters. The lowest BCUT2D eigenvalue weighted by Crippen LogP contribution is -2.27. The third kappa shape index (κ3) is 2.83. The van der Waals surface area contributed by atoms with Gasteiger partial charge in [-0.05, 0) is 18.2 Å². The highest BCUT2D eigenvalue weighted by Gasteiger charge is 2.30. The summed E-state index contributed by atoms with van der Waals surface area (Å²) in [5.74, 6) is 1.13. The van der Waals surface area contributed by atoms with Crippen LogP contribution >= 0.6 is 0 Å². The maximum absolute atomic E-state index is 12.8. The van der Waals surface area contributed by atoms with E-state index in [1.54, 1.807) is 12.1 Å². The molecule has 0 saturated heterocycles. The van der Waals surface area contributed by atoms with E-state index in [2.05, 4.69) is 20.7 Å². The van der Waals surface area contributed by atoms with Crippen LogP contribution in [0.15, 0.2) is 41.5 Å². The minimum Gasteiger partial charge on any atom is -0.354 e. The van der Waals surface area contributed by atoms with Crippen molar-refractivity contribution in [1.29, 1.82) is 0 Å². The molecule has 2 N–H and O–H groups in total. The smallest absolute Gasteiger partial charge is 0.354 e. The third-order valence-corrected chi connectivity index (χ3v) is 2.98. The molecule has 110 valence electrons. The molecule has 1 aliphatic heterocycles. The molecule has 0 bridgehead atoms. The van der Waals surface area contributed by atoms with E-state index >= 15 is 0 Å². The van der Waals surface area contributed by atoms with Crippen molar-refractivity contribution >= 4 is 11.8 Å². The Kier molecular flexibility index (Phi) is 3.28. The molecule has 2 aromatic rings. The number of benzene rings is 1. The average molecular weight is 295 g/mol. The second-order valence-corrected chi connectivity index (χ2v) is 4.46. The van der Waals surface area contributed by atoms with Crippen LogP contribution in [-0.4, -0.2) is 28.8 Å². The van der Waals surface area contributed by atoms with Crippen LogP contribution in [0.4, 0.5) is 19.0 Å². The molecule has 0 radical (unpaired) electrons. The minimum atomic E-state index is -4.38. The van der Waals surface area contributed by atoms with Gasteiger partial charge >= 0.3 is 6.18 Å². The Bertz CT molecular complexity index is 674. The van der Waals surface area contributed by atoms with Crippen LogP contribution in [0.1, 0.15) is 5.56 Å². The van der Waals surface area contributed by atoms with E-state index in [-0.39, 0.29) is 0 Å². The molecule has 5 nitrogen and oxygen atoms in total. The zero-order valence-corrected chi connectivity index (χ0v) is 10.9. The highest BCUT2D eigenvalue weighted by molar-refractivity contribution is 5.94. The topological polar surface area (TPSA) is 54.2 Å². The highest BCUT2D eigenvalue weighted by Crippen LogP contribution is 2.30. The normalized spacial score (nSPS) is 14.7. The van der Waals surface area contributed by atoms with Gasteiger partial charge in [0.2, 0.25) is 0 Å². The van der Waals surface area contributed by atoms with Gasteiger partial charge in [-0.15, -0.1) is 0 Å². The second kappa shape index (κ2) is 5.12. The lowest BCUT2D eigenvalue weighted by atomic mass is 10.2. The van der Waals surface area contributed by atoms with Crippen LogP contribution in [0.25, 0.3) is 5.69 Å². The monoisotopic (exact) mass is 295 g/mol. The summed E-state index contributed by atoms with van der Waals surface area (Å²) in [6, 6.07) is 6.68. The van der Waals surface area contributed by atoms with Crippen molar-refractivity contribution in [2.75, 3.05) is 18.4 Å². The van der Waals surface area contributed by atoms with Gasteiger partial charge in [-0.1, -0.05) is 6.07 Å². The number of aromatic nitrogens is 2. The first-order valence-electron chi connectivity index (χ1n) is 6.31. The number of rotatable bonds is 2. The van der Waals surface area contributed by atoms with E-state index in [4.69, 9.17) is 0 Å². The molecule has 0 amide bonds. The van der Waals surface area contributed by atoms with Crippen molar-refractivity contribution in [3.05, 3.63) is 42.1 Å². The fourth-order valence-corrected chi connectivity index (χ4v) is 2.02. The first-order chi connectivity index (χ1) is 10.0. The van der Waals surface area contributed by atoms with Gasteiger partial charge in [0.1, 0.15) is 5.82 Å². The van der Waals surface area contributed by atoms with Crippen LogP contribution in [0.3, 0.4) is 0 Å². The number of guanidine groups is 1. The van der Waals surface area contributed by atoms with Gasteiger partial charge in [0.25, 0.3) is 0 Å². The zero-order valence-electron chi connectivity index (χ0n) is 10.9. The largest absolute Gasteiger partial charge is 0.416 e. The van der Waals surface area contributed by atoms with Gasteiger partial charge in [-0.2, -0.15) is 18.3 Å². The number of nitrogens with zero attached hydrogens (tertiary/aromatic N) is 3. The summed E-state index contributed by atoms with van der Waals surface area (Å²) < 4.78 is 39.7. The Labute approximate surface area is 118 Å². The first kappa shape index (κ1) is 13.5. The van der Waals surface area contributed by atoms with Gasteiger partial charge in [0.05, 0.1) is 24.0 Å². The van der Waals surface area contributed by atoms with Crippen molar-refractivity contribution in [1.82, 2.24) is 15.1 Å². The van der Waals surface area contributed by atoms with Crippen molar-refractivity contribution in [2.45, 2.75) is 6.18 Å². The fourth-order valence-electron chi connectivity index (χ4n) is 2.02. The van der Waals surface area contributed by atoms with Crippen molar-refractivity contribution in [3.8, 4) is 5.69 Å². The molecule has 0 spiro atoms. The Hall–Kier alpha value is -2.51. The van der Waals surface area contributed by atoms with E-state index in [1.165, 1.54) is 16.9 Å². The molecule has 1 aliphatic rings. The molecule has 0 aliphatic carbocycles. The zero-order chi connectivity index (χ0) is 14.9. The molecule has 0 atom stereocenters. The second-order valence-electron chi connectivity index (χ2n) is 4.46. The summed E-state index contributed by atoms with van der Waals surface area (Å²) in [5, 5.41) is 10.1. The number of hydrogen-bond acceptors (Lipinski definition) is 4. The van der Waals surface area contributed by atoms with Crippen LogP contribution in [0.5, 0.6) is 0 Å². The maximum Gasteiger partial charge on any atom is 0.416 e. The number of aliphatic imine (C=N–C) groups is 1. The lowest BCUT2D eigenvalue weighted by molar-refractivity contribution is -0.137. The Morgan fingerprint density at radius 2 is 2.10 bits per heavy atom. The van der Waals surface area contributed by atoms with E-state index in [0.717, 1.165) is 18.7 Å². The lowest BCUT2D eigenvalue weighted by Gasteiger charge is -2.12. The molecular weight excluding hydrogens is 283 g/mol. The maximum atomic E-state index is 12.8.